The minimum absolute atomic E-state index is 0.653. The third-order valence-corrected chi connectivity index (χ3v) is 3.39. The molecule has 2 heteroatoms. The predicted molar refractivity (Wildman–Crippen MR) is 66.9 cm³/mol. The lowest BCUT2D eigenvalue weighted by molar-refractivity contribution is 0.0582. The molecule has 1 aliphatic heterocycles. The van der Waals surface area contributed by atoms with Crippen LogP contribution in [0, 0.1) is 5.92 Å². The SMILES string of the molecule is CCCN1C[C@H](C)N(C(C)C)C1C(C)C. The summed E-state index contributed by atoms with van der Waals surface area (Å²) in [5, 5.41) is 0. The van der Waals surface area contributed by atoms with E-state index in [1.807, 2.05) is 0 Å². The van der Waals surface area contributed by atoms with Crippen LogP contribution in [0.25, 0.3) is 0 Å². The second-order valence-corrected chi connectivity index (χ2v) is 5.54. The normalized spacial score (nSPS) is 29.6. The summed E-state index contributed by atoms with van der Waals surface area (Å²) in [6.07, 6.45) is 1.92. The van der Waals surface area contributed by atoms with Gasteiger partial charge in [-0.2, -0.15) is 0 Å². The topological polar surface area (TPSA) is 6.48 Å². The second-order valence-electron chi connectivity index (χ2n) is 5.54. The van der Waals surface area contributed by atoms with E-state index in [0.717, 1.165) is 5.92 Å². The van der Waals surface area contributed by atoms with E-state index in [1.54, 1.807) is 0 Å². The molecule has 1 rings (SSSR count). The predicted octanol–water partition coefficient (Wildman–Crippen LogP) is 2.79. The highest BCUT2D eigenvalue weighted by Gasteiger charge is 2.39. The third-order valence-electron chi connectivity index (χ3n) is 3.39. The quantitative estimate of drug-likeness (QED) is 0.707. The van der Waals surface area contributed by atoms with E-state index in [1.165, 1.54) is 19.5 Å². The Labute approximate surface area is 95.6 Å². The molecule has 1 fully saturated rings. The lowest BCUT2D eigenvalue weighted by Gasteiger charge is -2.37. The summed E-state index contributed by atoms with van der Waals surface area (Å²) in [4.78, 5) is 5.34. The van der Waals surface area contributed by atoms with Gasteiger partial charge in [0.1, 0.15) is 0 Å². The average molecular weight is 212 g/mol. The maximum atomic E-state index is 2.68. The molecule has 0 spiro atoms. The van der Waals surface area contributed by atoms with Crippen LogP contribution in [0.2, 0.25) is 0 Å². The molecule has 1 unspecified atom stereocenters. The van der Waals surface area contributed by atoms with Gasteiger partial charge >= 0.3 is 0 Å². The molecule has 0 bridgehead atoms. The first-order chi connectivity index (χ1) is 6.99. The largest absolute Gasteiger partial charge is 0.286 e. The van der Waals surface area contributed by atoms with Gasteiger partial charge in [-0.1, -0.05) is 20.8 Å². The Morgan fingerprint density at radius 1 is 1.20 bits per heavy atom. The lowest BCUT2D eigenvalue weighted by Crippen LogP contribution is -2.47. The monoisotopic (exact) mass is 212 g/mol. The maximum Gasteiger partial charge on any atom is 0.0651 e. The van der Waals surface area contributed by atoms with Crippen molar-refractivity contribution in [3.63, 3.8) is 0 Å². The zero-order valence-corrected chi connectivity index (χ0v) is 11.3. The van der Waals surface area contributed by atoms with Crippen LogP contribution in [0.15, 0.2) is 0 Å². The number of hydrogen-bond donors (Lipinski definition) is 0. The van der Waals surface area contributed by atoms with Crippen molar-refractivity contribution in [2.24, 2.45) is 5.92 Å². The molecule has 90 valence electrons. The number of rotatable bonds is 4. The first kappa shape index (κ1) is 13.0. The van der Waals surface area contributed by atoms with Gasteiger partial charge in [-0.3, -0.25) is 9.80 Å². The van der Waals surface area contributed by atoms with E-state index in [-0.39, 0.29) is 0 Å². The Kier molecular flexibility index (Phi) is 4.60. The van der Waals surface area contributed by atoms with Crippen LogP contribution in [-0.2, 0) is 0 Å². The van der Waals surface area contributed by atoms with Crippen molar-refractivity contribution in [1.82, 2.24) is 9.80 Å². The van der Waals surface area contributed by atoms with E-state index in [2.05, 4.69) is 51.3 Å². The molecular formula is C13H28N2. The van der Waals surface area contributed by atoms with Crippen molar-refractivity contribution in [1.29, 1.82) is 0 Å². The highest BCUT2D eigenvalue weighted by molar-refractivity contribution is 4.90. The standard InChI is InChI=1S/C13H28N2/c1-7-8-14-9-12(6)15(11(4)5)13(14)10(2)3/h10-13H,7-9H2,1-6H3/t12-,13?/m0/s1. The molecule has 1 aliphatic rings. The molecule has 2 nitrogen and oxygen atoms in total. The smallest absolute Gasteiger partial charge is 0.0651 e. The molecule has 0 N–H and O–H groups in total. The van der Waals surface area contributed by atoms with Crippen LogP contribution >= 0.6 is 0 Å². The molecule has 0 aliphatic carbocycles. The van der Waals surface area contributed by atoms with Crippen molar-refractivity contribution in [3.8, 4) is 0 Å². The van der Waals surface area contributed by atoms with Crippen LogP contribution in [-0.4, -0.2) is 41.1 Å². The summed E-state index contributed by atoms with van der Waals surface area (Å²) >= 11 is 0. The highest BCUT2D eigenvalue weighted by Crippen LogP contribution is 2.28. The number of hydrogen-bond acceptors (Lipinski definition) is 2. The molecular weight excluding hydrogens is 184 g/mol. The van der Waals surface area contributed by atoms with Gasteiger partial charge in [0.25, 0.3) is 0 Å². The summed E-state index contributed by atoms with van der Waals surface area (Å²) in [6.45, 7) is 16.5. The van der Waals surface area contributed by atoms with Gasteiger partial charge in [0, 0.05) is 18.6 Å². The first-order valence-corrected chi connectivity index (χ1v) is 6.50. The Bertz CT molecular complexity index is 189. The molecule has 0 saturated carbocycles. The van der Waals surface area contributed by atoms with Crippen LogP contribution in [0.3, 0.4) is 0 Å². The van der Waals surface area contributed by atoms with Crippen LogP contribution < -0.4 is 0 Å². The van der Waals surface area contributed by atoms with E-state index < -0.39 is 0 Å². The van der Waals surface area contributed by atoms with E-state index in [0.29, 0.717) is 18.2 Å². The van der Waals surface area contributed by atoms with E-state index in [9.17, 15) is 0 Å². The summed E-state index contributed by atoms with van der Waals surface area (Å²) in [6, 6.07) is 1.37. The zero-order valence-electron chi connectivity index (χ0n) is 11.3. The molecule has 0 aromatic heterocycles. The summed E-state index contributed by atoms with van der Waals surface area (Å²) in [5.41, 5.74) is 0. The molecule has 1 heterocycles. The summed E-state index contributed by atoms with van der Waals surface area (Å²) in [5.74, 6) is 0.726. The first-order valence-electron chi connectivity index (χ1n) is 6.50. The van der Waals surface area contributed by atoms with Gasteiger partial charge in [0.15, 0.2) is 0 Å². The fraction of sp³-hybridized carbons (Fsp3) is 1.00. The van der Waals surface area contributed by atoms with Gasteiger partial charge < -0.3 is 0 Å². The van der Waals surface area contributed by atoms with E-state index >= 15 is 0 Å². The van der Waals surface area contributed by atoms with Gasteiger partial charge in [0.05, 0.1) is 6.17 Å². The maximum absolute atomic E-state index is 2.68. The second kappa shape index (κ2) is 5.31. The molecule has 15 heavy (non-hydrogen) atoms. The van der Waals surface area contributed by atoms with Crippen LogP contribution in [0.5, 0.6) is 0 Å². The van der Waals surface area contributed by atoms with Gasteiger partial charge in [-0.15, -0.1) is 0 Å². The Morgan fingerprint density at radius 2 is 1.80 bits per heavy atom. The highest BCUT2D eigenvalue weighted by atomic mass is 15.4. The molecule has 1 saturated heterocycles. The Balaban J connectivity index is 2.78. The van der Waals surface area contributed by atoms with Crippen LogP contribution in [0.4, 0.5) is 0 Å². The van der Waals surface area contributed by atoms with E-state index in [4.69, 9.17) is 0 Å². The van der Waals surface area contributed by atoms with Crippen molar-refractivity contribution in [2.45, 2.75) is 66.2 Å². The van der Waals surface area contributed by atoms with Crippen LogP contribution in [0.1, 0.15) is 48.0 Å². The molecule has 0 amide bonds. The third kappa shape index (κ3) is 2.73. The molecule has 0 aromatic rings. The van der Waals surface area contributed by atoms with Gasteiger partial charge in [0.2, 0.25) is 0 Å². The Morgan fingerprint density at radius 3 is 2.20 bits per heavy atom. The van der Waals surface area contributed by atoms with Crippen molar-refractivity contribution in [2.75, 3.05) is 13.1 Å². The van der Waals surface area contributed by atoms with Crippen molar-refractivity contribution >= 4 is 0 Å². The zero-order chi connectivity index (χ0) is 11.6. The minimum Gasteiger partial charge on any atom is -0.286 e. The fourth-order valence-electron chi connectivity index (χ4n) is 3.08. The van der Waals surface area contributed by atoms with Gasteiger partial charge in [-0.05, 0) is 39.7 Å². The molecule has 0 radical (unpaired) electrons. The Hall–Kier alpha value is -0.0800. The molecule has 2 atom stereocenters. The van der Waals surface area contributed by atoms with Crippen molar-refractivity contribution < 1.29 is 0 Å². The number of nitrogens with zero attached hydrogens (tertiary/aromatic N) is 2. The summed E-state index contributed by atoms with van der Waals surface area (Å²) in [7, 11) is 0. The summed E-state index contributed by atoms with van der Waals surface area (Å²) < 4.78 is 0. The fourth-order valence-corrected chi connectivity index (χ4v) is 3.08. The van der Waals surface area contributed by atoms with Crippen molar-refractivity contribution in [3.05, 3.63) is 0 Å². The minimum atomic E-state index is 0.653. The van der Waals surface area contributed by atoms with Gasteiger partial charge in [-0.25, -0.2) is 0 Å². The lowest BCUT2D eigenvalue weighted by atomic mass is 10.1. The molecule has 0 aromatic carbocycles. The average Bonchev–Trinajstić information content (AvgIpc) is 2.42.